The largest absolute Gasteiger partial charge is 0.397 e. The predicted octanol–water partition coefficient (Wildman–Crippen LogP) is 7.01. The van der Waals surface area contributed by atoms with E-state index < -0.39 is 5.92 Å². The van der Waals surface area contributed by atoms with Gasteiger partial charge in [-0.25, -0.2) is 0 Å². The molecule has 0 fully saturated rings. The quantitative estimate of drug-likeness (QED) is 0.224. The number of rotatable bonds is 5. The van der Waals surface area contributed by atoms with Crippen LogP contribution < -0.4 is 21.7 Å². The SMILES string of the molecule is CC1=C(C(=O)Nc2ccc(Cl)cc2)C(c2ccccc2)c2c(sc(C(=O)Nc3cccc(C)c3)c2N)N1. The number of carbonyl (C=O) groups is 2. The van der Waals surface area contributed by atoms with Gasteiger partial charge in [-0.15, -0.1) is 11.3 Å². The van der Waals surface area contributed by atoms with Gasteiger partial charge in [-0.3, -0.25) is 9.59 Å². The summed E-state index contributed by atoms with van der Waals surface area (Å²) in [6, 6.07) is 24.2. The van der Waals surface area contributed by atoms with Crippen molar-refractivity contribution in [2.45, 2.75) is 19.8 Å². The first-order chi connectivity index (χ1) is 17.8. The lowest BCUT2D eigenvalue weighted by molar-refractivity contribution is -0.113. The molecule has 0 aliphatic carbocycles. The summed E-state index contributed by atoms with van der Waals surface area (Å²) < 4.78 is 0. The summed E-state index contributed by atoms with van der Waals surface area (Å²) in [4.78, 5) is 27.3. The third-order valence-corrected chi connectivity index (χ3v) is 7.62. The minimum atomic E-state index is -0.457. The Balaban J connectivity index is 1.54. The number of hydrogen-bond acceptors (Lipinski definition) is 5. The standard InChI is InChI=1S/C29H25ClN4O2S/c1-16-7-6-10-21(15-16)34-28(36)26-25(31)24-23(18-8-4-3-5-9-18)22(17(2)32-29(24)37-26)27(35)33-20-13-11-19(30)12-14-20/h3-15,23,32H,31H2,1-2H3,(H,33,35)(H,34,36). The van der Waals surface area contributed by atoms with Crippen LogP contribution in [0.4, 0.5) is 22.1 Å². The molecular formula is C29H25ClN4O2S. The van der Waals surface area contributed by atoms with E-state index in [4.69, 9.17) is 17.3 Å². The average molecular weight is 529 g/mol. The van der Waals surface area contributed by atoms with Gasteiger partial charge in [0.2, 0.25) is 0 Å². The Morgan fingerprint density at radius 3 is 2.30 bits per heavy atom. The number of aryl methyl sites for hydroxylation is 1. The van der Waals surface area contributed by atoms with Gasteiger partial charge in [-0.05, 0) is 61.4 Å². The zero-order valence-corrected chi connectivity index (χ0v) is 21.8. The minimum absolute atomic E-state index is 0.261. The highest BCUT2D eigenvalue weighted by Crippen LogP contribution is 2.50. The number of nitrogens with two attached hydrogens (primary N) is 1. The molecule has 1 atom stereocenters. The van der Waals surface area contributed by atoms with Crippen molar-refractivity contribution in [3.8, 4) is 0 Å². The van der Waals surface area contributed by atoms with Crippen molar-refractivity contribution < 1.29 is 9.59 Å². The van der Waals surface area contributed by atoms with Crippen molar-refractivity contribution in [1.82, 2.24) is 0 Å². The monoisotopic (exact) mass is 528 g/mol. The van der Waals surface area contributed by atoms with Gasteiger partial charge >= 0.3 is 0 Å². The number of hydrogen-bond donors (Lipinski definition) is 4. The van der Waals surface area contributed by atoms with Gasteiger partial charge in [0.25, 0.3) is 11.8 Å². The molecule has 0 radical (unpaired) electrons. The summed E-state index contributed by atoms with van der Waals surface area (Å²) in [5.74, 6) is -1.01. The Bertz CT molecular complexity index is 1530. The summed E-state index contributed by atoms with van der Waals surface area (Å²) in [7, 11) is 0. The molecule has 1 aliphatic rings. The molecule has 5 N–H and O–H groups in total. The van der Waals surface area contributed by atoms with Crippen LogP contribution in [-0.2, 0) is 4.79 Å². The van der Waals surface area contributed by atoms with E-state index in [1.54, 1.807) is 24.3 Å². The first kappa shape index (κ1) is 24.6. The fourth-order valence-corrected chi connectivity index (χ4v) is 5.76. The summed E-state index contributed by atoms with van der Waals surface area (Å²) >= 11 is 7.29. The molecule has 8 heteroatoms. The number of allylic oxidation sites excluding steroid dienone is 1. The van der Waals surface area contributed by atoms with Crippen molar-refractivity contribution in [3.63, 3.8) is 0 Å². The van der Waals surface area contributed by atoms with Gasteiger partial charge in [-0.2, -0.15) is 0 Å². The van der Waals surface area contributed by atoms with Gasteiger partial charge in [-0.1, -0.05) is 54.1 Å². The number of thiophene rings is 1. The number of carbonyl (C=O) groups excluding carboxylic acids is 2. The number of fused-ring (bicyclic) bond motifs is 1. The zero-order chi connectivity index (χ0) is 26.1. The second-order valence-electron chi connectivity index (χ2n) is 8.88. The van der Waals surface area contributed by atoms with Crippen LogP contribution in [0.25, 0.3) is 0 Å². The van der Waals surface area contributed by atoms with Gasteiger partial charge in [0.05, 0.1) is 10.7 Å². The molecule has 0 bridgehead atoms. The van der Waals surface area contributed by atoms with E-state index in [1.807, 2.05) is 68.4 Å². The Kier molecular flexibility index (Phi) is 6.74. The molecule has 3 aromatic carbocycles. The summed E-state index contributed by atoms with van der Waals surface area (Å²) in [5.41, 5.74) is 12.2. The molecular weight excluding hydrogens is 504 g/mol. The fourth-order valence-electron chi connectivity index (χ4n) is 4.53. The maximum absolute atomic E-state index is 13.6. The molecule has 37 heavy (non-hydrogen) atoms. The Hall–Kier alpha value is -4.07. The lowest BCUT2D eigenvalue weighted by atomic mass is 9.81. The highest BCUT2D eigenvalue weighted by Gasteiger charge is 2.37. The average Bonchev–Trinajstić information content (AvgIpc) is 3.20. The Morgan fingerprint density at radius 1 is 0.892 bits per heavy atom. The van der Waals surface area contributed by atoms with Crippen LogP contribution in [0.15, 0.2) is 90.1 Å². The number of nitrogen functional groups attached to an aromatic ring is 1. The number of amides is 2. The molecule has 0 saturated heterocycles. The summed E-state index contributed by atoms with van der Waals surface area (Å²) in [6.07, 6.45) is 0. The van der Waals surface area contributed by atoms with Crippen LogP contribution in [0.2, 0.25) is 5.02 Å². The fraction of sp³-hybridized carbons (Fsp3) is 0.103. The van der Waals surface area contributed by atoms with E-state index in [1.165, 1.54) is 11.3 Å². The molecule has 2 amide bonds. The first-order valence-corrected chi connectivity index (χ1v) is 12.9. The molecule has 2 heterocycles. The van der Waals surface area contributed by atoms with Crippen LogP contribution in [0.3, 0.4) is 0 Å². The number of nitrogens with one attached hydrogen (secondary N) is 3. The van der Waals surface area contributed by atoms with E-state index in [0.29, 0.717) is 38.2 Å². The van der Waals surface area contributed by atoms with Crippen molar-refractivity contribution in [2.75, 3.05) is 21.7 Å². The van der Waals surface area contributed by atoms with Crippen LogP contribution in [0.5, 0.6) is 0 Å². The van der Waals surface area contributed by atoms with E-state index in [9.17, 15) is 9.59 Å². The van der Waals surface area contributed by atoms with Crippen molar-refractivity contribution in [3.05, 3.63) is 117 Å². The molecule has 6 nitrogen and oxygen atoms in total. The Morgan fingerprint density at radius 2 is 1.59 bits per heavy atom. The lowest BCUT2D eigenvalue weighted by Crippen LogP contribution is -2.27. The number of anilines is 4. The van der Waals surface area contributed by atoms with Crippen LogP contribution in [-0.4, -0.2) is 11.8 Å². The molecule has 1 aliphatic heterocycles. The smallest absolute Gasteiger partial charge is 0.267 e. The topological polar surface area (TPSA) is 96.2 Å². The minimum Gasteiger partial charge on any atom is -0.397 e. The predicted molar refractivity (Wildman–Crippen MR) is 153 cm³/mol. The molecule has 1 unspecified atom stereocenters. The number of halogens is 1. The van der Waals surface area contributed by atoms with Crippen LogP contribution >= 0.6 is 22.9 Å². The lowest BCUT2D eigenvalue weighted by Gasteiger charge is -2.29. The van der Waals surface area contributed by atoms with Gasteiger partial charge in [0.15, 0.2) is 0 Å². The molecule has 1 aromatic heterocycles. The van der Waals surface area contributed by atoms with Gasteiger partial charge in [0.1, 0.15) is 4.88 Å². The molecule has 4 aromatic rings. The summed E-state index contributed by atoms with van der Waals surface area (Å²) in [5, 5.41) is 10.6. The zero-order valence-electron chi connectivity index (χ0n) is 20.3. The third kappa shape index (κ3) is 4.96. The first-order valence-electron chi connectivity index (χ1n) is 11.7. The normalized spacial score (nSPS) is 14.5. The van der Waals surface area contributed by atoms with E-state index >= 15 is 0 Å². The molecule has 186 valence electrons. The molecule has 0 saturated carbocycles. The van der Waals surface area contributed by atoms with Gasteiger partial charge in [0, 0.05) is 39.1 Å². The van der Waals surface area contributed by atoms with Crippen molar-refractivity contribution >= 4 is 56.8 Å². The molecule has 0 spiro atoms. The maximum atomic E-state index is 13.6. The van der Waals surface area contributed by atoms with Crippen molar-refractivity contribution in [2.24, 2.45) is 0 Å². The Labute approximate surface area is 224 Å². The second-order valence-corrected chi connectivity index (χ2v) is 10.3. The highest BCUT2D eigenvalue weighted by atomic mass is 35.5. The van der Waals surface area contributed by atoms with Crippen LogP contribution in [0.1, 0.15) is 39.2 Å². The van der Waals surface area contributed by atoms with E-state index in [2.05, 4.69) is 16.0 Å². The second kappa shape index (κ2) is 10.1. The van der Waals surface area contributed by atoms with Crippen molar-refractivity contribution in [1.29, 1.82) is 0 Å². The summed E-state index contributed by atoms with van der Waals surface area (Å²) in [6.45, 7) is 3.82. The third-order valence-electron chi connectivity index (χ3n) is 6.23. The van der Waals surface area contributed by atoms with E-state index in [0.717, 1.165) is 21.7 Å². The van der Waals surface area contributed by atoms with Crippen LogP contribution in [0, 0.1) is 6.92 Å². The number of benzene rings is 3. The molecule has 5 rings (SSSR count). The highest BCUT2D eigenvalue weighted by molar-refractivity contribution is 7.19. The maximum Gasteiger partial charge on any atom is 0.267 e. The van der Waals surface area contributed by atoms with Gasteiger partial charge < -0.3 is 21.7 Å². The van der Waals surface area contributed by atoms with E-state index in [-0.39, 0.29) is 11.8 Å².